The van der Waals surface area contributed by atoms with Gasteiger partial charge in [-0.15, -0.1) is 0 Å². The molecule has 0 spiro atoms. The minimum absolute atomic E-state index is 0.395. The van der Waals surface area contributed by atoms with Crippen LogP contribution >= 0.6 is 11.6 Å². The Kier molecular flexibility index (Phi) is 1.99. The lowest BCUT2D eigenvalue weighted by Crippen LogP contribution is -2.15. The quantitative estimate of drug-likeness (QED) is 0.636. The van der Waals surface area contributed by atoms with E-state index in [1.165, 1.54) is 0 Å². The number of ether oxygens (including phenoxy) is 2. The summed E-state index contributed by atoms with van der Waals surface area (Å²) in [4.78, 5) is 0. The molecular weight excluding hydrogens is 190 g/mol. The van der Waals surface area contributed by atoms with Crippen LogP contribution in [0.2, 0.25) is 5.02 Å². The highest BCUT2D eigenvalue weighted by atomic mass is 35.5. The first-order valence-corrected chi connectivity index (χ1v) is 4.18. The fraction of sp³-hybridized carbons (Fsp3) is 0.222. The molecule has 2 rings (SSSR count). The second kappa shape index (κ2) is 3.15. The van der Waals surface area contributed by atoms with Crippen molar-refractivity contribution < 1.29 is 9.47 Å². The molecule has 66 valence electrons. The molecule has 1 aliphatic rings. The molecule has 0 atom stereocenters. The predicted octanol–water partition coefficient (Wildman–Crippen LogP) is 1.98. The molecule has 13 heavy (non-hydrogen) atoms. The Morgan fingerprint density at radius 3 is 2.46 bits per heavy atom. The average Bonchev–Trinajstić information content (AvgIpc) is 2.17. The first kappa shape index (κ1) is 8.21. The van der Waals surface area contributed by atoms with Crippen LogP contribution in [0.5, 0.6) is 11.5 Å². The van der Waals surface area contributed by atoms with E-state index in [0.29, 0.717) is 35.3 Å². The maximum absolute atomic E-state index is 8.69. The van der Waals surface area contributed by atoms with Gasteiger partial charge in [0.1, 0.15) is 19.3 Å². The van der Waals surface area contributed by atoms with Gasteiger partial charge < -0.3 is 9.47 Å². The van der Waals surface area contributed by atoms with Gasteiger partial charge in [-0.25, -0.2) is 0 Å². The lowest BCUT2D eigenvalue weighted by molar-refractivity contribution is 0.171. The van der Waals surface area contributed by atoms with Crippen LogP contribution in [0.1, 0.15) is 5.56 Å². The number of nitriles is 1. The van der Waals surface area contributed by atoms with Crippen molar-refractivity contribution in [3.63, 3.8) is 0 Å². The zero-order chi connectivity index (χ0) is 9.26. The van der Waals surface area contributed by atoms with Gasteiger partial charge in [-0.2, -0.15) is 5.26 Å². The Hall–Kier alpha value is -1.40. The van der Waals surface area contributed by atoms with E-state index >= 15 is 0 Å². The second-order valence-corrected chi connectivity index (χ2v) is 2.99. The summed E-state index contributed by atoms with van der Waals surface area (Å²) in [6, 6.07) is 5.18. The Labute approximate surface area is 80.4 Å². The summed E-state index contributed by atoms with van der Waals surface area (Å²) in [5, 5.41) is 9.08. The summed E-state index contributed by atoms with van der Waals surface area (Å²) in [5.41, 5.74) is 0.408. The topological polar surface area (TPSA) is 42.2 Å². The minimum Gasteiger partial charge on any atom is -0.486 e. The van der Waals surface area contributed by atoms with E-state index in [0.717, 1.165) is 0 Å². The third kappa shape index (κ3) is 1.41. The molecule has 0 fully saturated rings. The molecule has 1 aromatic rings. The van der Waals surface area contributed by atoms with Crippen molar-refractivity contribution in [3.8, 4) is 17.6 Å². The molecule has 0 unspecified atom stereocenters. The van der Waals surface area contributed by atoms with Crippen molar-refractivity contribution in [3.05, 3.63) is 22.7 Å². The van der Waals surface area contributed by atoms with Crippen LogP contribution in [-0.2, 0) is 0 Å². The second-order valence-electron chi connectivity index (χ2n) is 2.59. The molecule has 1 heterocycles. The van der Waals surface area contributed by atoms with Gasteiger partial charge in [0.05, 0.1) is 10.6 Å². The monoisotopic (exact) mass is 195 g/mol. The molecule has 0 bridgehead atoms. The molecule has 4 heteroatoms. The largest absolute Gasteiger partial charge is 0.486 e. The van der Waals surface area contributed by atoms with Gasteiger partial charge in [0, 0.05) is 12.1 Å². The van der Waals surface area contributed by atoms with Crippen LogP contribution in [0.15, 0.2) is 12.1 Å². The van der Waals surface area contributed by atoms with Crippen molar-refractivity contribution in [2.45, 2.75) is 0 Å². The predicted molar refractivity (Wildman–Crippen MR) is 47.2 cm³/mol. The third-order valence-electron chi connectivity index (χ3n) is 1.75. The lowest BCUT2D eigenvalue weighted by Gasteiger charge is -2.18. The fourth-order valence-corrected chi connectivity index (χ4v) is 1.35. The Balaban J connectivity index is 2.52. The van der Waals surface area contributed by atoms with Crippen LogP contribution in [0.3, 0.4) is 0 Å². The van der Waals surface area contributed by atoms with Gasteiger partial charge in [-0.1, -0.05) is 11.6 Å². The summed E-state index contributed by atoms with van der Waals surface area (Å²) in [5.74, 6) is 1.20. The highest BCUT2D eigenvalue weighted by Crippen LogP contribution is 2.34. The normalized spacial score (nSPS) is 13.5. The highest BCUT2D eigenvalue weighted by molar-refractivity contribution is 6.31. The standard InChI is InChI=1S/C9H6ClNO2/c10-7-4-9-8(3-6(7)5-11)12-1-2-13-9/h3-4H,1-2H2. The molecule has 0 radical (unpaired) electrons. The molecule has 1 aliphatic heterocycles. The van der Waals surface area contributed by atoms with Gasteiger partial charge in [0.2, 0.25) is 0 Å². The number of fused-ring (bicyclic) bond motifs is 1. The molecule has 3 nitrogen and oxygen atoms in total. The van der Waals surface area contributed by atoms with Gasteiger partial charge in [0.15, 0.2) is 11.5 Å². The number of hydrogen-bond donors (Lipinski definition) is 0. The van der Waals surface area contributed by atoms with E-state index in [1.54, 1.807) is 12.1 Å². The number of nitrogens with zero attached hydrogens (tertiary/aromatic N) is 1. The maximum atomic E-state index is 8.69. The fourth-order valence-electron chi connectivity index (χ4n) is 1.15. The van der Waals surface area contributed by atoms with E-state index in [4.69, 9.17) is 26.3 Å². The van der Waals surface area contributed by atoms with E-state index < -0.39 is 0 Å². The SMILES string of the molecule is N#Cc1cc2c(cc1Cl)OCCO2. The van der Waals surface area contributed by atoms with Gasteiger partial charge >= 0.3 is 0 Å². The summed E-state index contributed by atoms with van der Waals surface area (Å²) in [7, 11) is 0. The minimum atomic E-state index is 0.395. The van der Waals surface area contributed by atoms with E-state index in [-0.39, 0.29) is 0 Å². The zero-order valence-corrected chi connectivity index (χ0v) is 7.47. The smallest absolute Gasteiger partial charge is 0.162 e. The molecule has 0 amide bonds. The number of hydrogen-bond acceptors (Lipinski definition) is 3. The number of halogens is 1. The van der Waals surface area contributed by atoms with E-state index in [2.05, 4.69) is 0 Å². The first-order chi connectivity index (χ1) is 6.31. The Bertz CT molecular complexity index is 384. The van der Waals surface area contributed by atoms with Crippen molar-refractivity contribution >= 4 is 11.6 Å². The van der Waals surface area contributed by atoms with Crippen LogP contribution in [0, 0.1) is 11.3 Å². The van der Waals surface area contributed by atoms with Gasteiger partial charge in [-0.05, 0) is 0 Å². The maximum Gasteiger partial charge on any atom is 0.162 e. The van der Waals surface area contributed by atoms with Gasteiger partial charge in [0.25, 0.3) is 0 Å². The van der Waals surface area contributed by atoms with Crippen LogP contribution in [0.4, 0.5) is 0 Å². The van der Waals surface area contributed by atoms with Crippen LogP contribution < -0.4 is 9.47 Å². The lowest BCUT2D eigenvalue weighted by atomic mass is 10.2. The van der Waals surface area contributed by atoms with Crippen molar-refractivity contribution in [2.75, 3.05) is 13.2 Å². The molecular formula is C9H6ClNO2. The number of benzene rings is 1. The van der Waals surface area contributed by atoms with E-state index in [1.807, 2.05) is 6.07 Å². The van der Waals surface area contributed by atoms with Crippen molar-refractivity contribution in [1.29, 1.82) is 5.26 Å². The molecule has 0 aromatic heterocycles. The van der Waals surface area contributed by atoms with Gasteiger partial charge in [-0.3, -0.25) is 0 Å². The summed E-state index contributed by atoms with van der Waals surface area (Å²) < 4.78 is 10.6. The van der Waals surface area contributed by atoms with E-state index in [9.17, 15) is 0 Å². The molecule has 1 aromatic carbocycles. The molecule has 0 N–H and O–H groups in total. The number of rotatable bonds is 0. The summed E-state index contributed by atoms with van der Waals surface area (Å²) in [6.07, 6.45) is 0. The average molecular weight is 196 g/mol. The van der Waals surface area contributed by atoms with Crippen LogP contribution in [-0.4, -0.2) is 13.2 Å². The van der Waals surface area contributed by atoms with Crippen molar-refractivity contribution in [2.24, 2.45) is 0 Å². The van der Waals surface area contributed by atoms with Crippen LogP contribution in [0.25, 0.3) is 0 Å². The Morgan fingerprint density at radius 1 is 1.23 bits per heavy atom. The Morgan fingerprint density at radius 2 is 1.85 bits per heavy atom. The third-order valence-corrected chi connectivity index (χ3v) is 2.07. The molecule has 0 saturated heterocycles. The molecule has 0 saturated carbocycles. The molecule has 0 aliphatic carbocycles. The first-order valence-electron chi connectivity index (χ1n) is 3.80. The zero-order valence-electron chi connectivity index (χ0n) is 6.71. The summed E-state index contributed by atoms with van der Waals surface area (Å²) >= 11 is 5.80. The summed E-state index contributed by atoms with van der Waals surface area (Å²) in [6.45, 7) is 1.04. The van der Waals surface area contributed by atoms with Crippen molar-refractivity contribution in [1.82, 2.24) is 0 Å². The highest BCUT2D eigenvalue weighted by Gasteiger charge is 2.14.